The minimum absolute atomic E-state index is 0.0668. The Bertz CT molecular complexity index is 388. The van der Waals surface area contributed by atoms with Gasteiger partial charge < -0.3 is 9.88 Å². The van der Waals surface area contributed by atoms with Gasteiger partial charge in [0.15, 0.2) is 0 Å². The number of carbonyl (C=O) groups is 2. The number of amides is 2. The monoisotopic (exact) mass is 236 g/mol. The molecule has 0 aliphatic carbocycles. The summed E-state index contributed by atoms with van der Waals surface area (Å²) in [5.41, 5.74) is 0. The first kappa shape index (κ1) is 11.6. The lowest BCUT2D eigenvalue weighted by Crippen LogP contribution is -2.37. The van der Waals surface area contributed by atoms with Crippen LogP contribution in [0, 0.1) is 0 Å². The highest BCUT2D eigenvalue weighted by Crippen LogP contribution is 2.10. The molecule has 17 heavy (non-hydrogen) atoms. The third-order valence-corrected chi connectivity index (χ3v) is 2.76. The minimum Gasteiger partial charge on any atom is -0.333 e. The SMILES string of the molecule is O=C(CN1CCCCCC1=O)Nc1ncc[nH]1. The predicted octanol–water partition coefficient (Wildman–Crippen LogP) is 0.751. The van der Waals surface area contributed by atoms with Gasteiger partial charge in [0.25, 0.3) is 0 Å². The zero-order valence-corrected chi connectivity index (χ0v) is 9.61. The van der Waals surface area contributed by atoms with E-state index < -0.39 is 0 Å². The molecule has 92 valence electrons. The van der Waals surface area contributed by atoms with Crippen molar-refractivity contribution >= 4 is 17.8 Å². The molecule has 1 aromatic heterocycles. The number of imidazole rings is 1. The van der Waals surface area contributed by atoms with Crippen molar-refractivity contribution in [2.75, 3.05) is 18.4 Å². The molecule has 1 aliphatic rings. The van der Waals surface area contributed by atoms with Crippen molar-refractivity contribution in [3.8, 4) is 0 Å². The molecule has 1 aromatic rings. The number of nitrogens with zero attached hydrogens (tertiary/aromatic N) is 2. The lowest BCUT2D eigenvalue weighted by Gasteiger charge is -2.19. The van der Waals surface area contributed by atoms with Crippen molar-refractivity contribution in [3.05, 3.63) is 12.4 Å². The Morgan fingerprint density at radius 2 is 2.35 bits per heavy atom. The summed E-state index contributed by atoms with van der Waals surface area (Å²) in [6.45, 7) is 0.782. The van der Waals surface area contributed by atoms with Gasteiger partial charge in [-0.3, -0.25) is 14.9 Å². The summed E-state index contributed by atoms with van der Waals surface area (Å²) in [5.74, 6) is 0.268. The molecule has 6 nitrogen and oxygen atoms in total. The molecule has 0 atom stereocenters. The number of hydrogen-bond acceptors (Lipinski definition) is 3. The number of rotatable bonds is 3. The van der Waals surface area contributed by atoms with Crippen LogP contribution in [0.15, 0.2) is 12.4 Å². The number of aromatic amines is 1. The third-order valence-electron chi connectivity index (χ3n) is 2.76. The van der Waals surface area contributed by atoms with E-state index >= 15 is 0 Å². The fraction of sp³-hybridized carbons (Fsp3) is 0.545. The van der Waals surface area contributed by atoms with E-state index in [-0.39, 0.29) is 18.4 Å². The Morgan fingerprint density at radius 3 is 3.12 bits per heavy atom. The smallest absolute Gasteiger partial charge is 0.246 e. The molecule has 0 radical (unpaired) electrons. The molecule has 1 fully saturated rings. The van der Waals surface area contributed by atoms with Gasteiger partial charge in [-0.1, -0.05) is 6.42 Å². The van der Waals surface area contributed by atoms with Crippen LogP contribution in [0.2, 0.25) is 0 Å². The highest BCUT2D eigenvalue weighted by atomic mass is 16.2. The van der Waals surface area contributed by atoms with E-state index in [2.05, 4.69) is 15.3 Å². The summed E-state index contributed by atoms with van der Waals surface area (Å²) in [5, 5.41) is 2.61. The number of nitrogens with one attached hydrogen (secondary N) is 2. The average Bonchev–Trinajstić information content (AvgIpc) is 2.71. The fourth-order valence-electron chi connectivity index (χ4n) is 1.88. The molecule has 2 amide bonds. The number of H-pyrrole nitrogens is 1. The number of likely N-dealkylation sites (tertiary alicyclic amines) is 1. The summed E-state index contributed by atoms with van der Waals surface area (Å²) in [4.78, 5) is 31.6. The van der Waals surface area contributed by atoms with Gasteiger partial charge in [0.2, 0.25) is 17.8 Å². The van der Waals surface area contributed by atoms with E-state index in [4.69, 9.17) is 0 Å². The van der Waals surface area contributed by atoms with E-state index in [9.17, 15) is 9.59 Å². The van der Waals surface area contributed by atoms with Crippen LogP contribution in [0.3, 0.4) is 0 Å². The van der Waals surface area contributed by atoms with Crippen LogP contribution in [-0.4, -0.2) is 39.8 Å². The minimum atomic E-state index is -0.213. The molecule has 1 aliphatic heterocycles. The Kier molecular flexibility index (Phi) is 3.74. The zero-order chi connectivity index (χ0) is 12.1. The molecule has 6 heteroatoms. The zero-order valence-electron chi connectivity index (χ0n) is 9.61. The lowest BCUT2D eigenvalue weighted by atomic mass is 10.2. The lowest BCUT2D eigenvalue weighted by molar-refractivity contribution is -0.134. The van der Waals surface area contributed by atoms with Crippen LogP contribution in [0.4, 0.5) is 5.95 Å². The van der Waals surface area contributed by atoms with Crippen molar-refractivity contribution in [1.29, 1.82) is 0 Å². The molecule has 0 aromatic carbocycles. The van der Waals surface area contributed by atoms with Gasteiger partial charge >= 0.3 is 0 Å². The third kappa shape index (κ3) is 3.30. The normalized spacial score (nSPS) is 16.7. The number of hydrogen-bond donors (Lipinski definition) is 2. The summed E-state index contributed by atoms with van der Waals surface area (Å²) in [6.07, 6.45) is 6.70. The van der Waals surface area contributed by atoms with Gasteiger partial charge in [0.1, 0.15) is 0 Å². The van der Waals surface area contributed by atoms with E-state index in [1.807, 2.05) is 0 Å². The molecule has 1 saturated heterocycles. The first-order chi connectivity index (χ1) is 8.25. The van der Waals surface area contributed by atoms with Crippen molar-refractivity contribution in [2.45, 2.75) is 25.7 Å². The molecule has 0 saturated carbocycles. The van der Waals surface area contributed by atoms with Crippen LogP contribution in [0.1, 0.15) is 25.7 Å². The highest BCUT2D eigenvalue weighted by Gasteiger charge is 2.19. The van der Waals surface area contributed by atoms with Crippen LogP contribution in [0.25, 0.3) is 0 Å². The Balaban J connectivity index is 1.86. The van der Waals surface area contributed by atoms with E-state index in [0.717, 1.165) is 19.3 Å². The number of carbonyl (C=O) groups excluding carboxylic acids is 2. The second-order valence-corrected chi connectivity index (χ2v) is 4.11. The Labute approximate surface area is 99.4 Å². The summed E-state index contributed by atoms with van der Waals surface area (Å²) in [6, 6.07) is 0. The van der Waals surface area contributed by atoms with Gasteiger partial charge in [-0.25, -0.2) is 4.98 Å². The van der Waals surface area contributed by atoms with Crippen molar-refractivity contribution in [2.24, 2.45) is 0 Å². The van der Waals surface area contributed by atoms with E-state index in [1.54, 1.807) is 17.3 Å². The summed E-state index contributed by atoms with van der Waals surface area (Å²) in [7, 11) is 0. The quantitative estimate of drug-likeness (QED) is 0.813. The van der Waals surface area contributed by atoms with Gasteiger partial charge in [-0.15, -0.1) is 0 Å². The summed E-state index contributed by atoms with van der Waals surface area (Å²) < 4.78 is 0. The molecule has 2 heterocycles. The van der Waals surface area contributed by atoms with Gasteiger partial charge in [0.05, 0.1) is 6.54 Å². The average molecular weight is 236 g/mol. The van der Waals surface area contributed by atoms with Crippen LogP contribution >= 0.6 is 0 Å². The van der Waals surface area contributed by atoms with Crippen molar-refractivity contribution in [3.63, 3.8) is 0 Å². The first-order valence-corrected chi connectivity index (χ1v) is 5.83. The van der Waals surface area contributed by atoms with E-state index in [0.29, 0.717) is 18.9 Å². The second kappa shape index (κ2) is 5.47. The molecular weight excluding hydrogens is 220 g/mol. The molecular formula is C11H16N4O2. The Morgan fingerprint density at radius 1 is 1.47 bits per heavy atom. The topological polar surface area (TPSA) is 78.1 Å². The van der Waals surface area contributed by atoms with Gasteiger partial charge in [-0.2, -0.15) is 0 Å². The van der Waals surface area contributed by atoms with E-state index in [1.165, 1.54) is 0 Å². The fourth-order valence-corrected chi connectivity index (χ4v) is 1.88. The largest absolute Gasteiger partial charge is 0.333 e. The maximum atomic E-state index is 11.7. The standard InChI is InChI=1S/C11H16N4O2/c16-9(14-11-12-5-6-13-11)8-15-7-3-1-2-4-10(15)17/h5-6H,1-4,7-8H2,(H2,12,13,14,16). The molecule has 0 spiro atoms. The predicted molar refractivity (Wildman–Crippen MR) is 62.3 cm³/mol. The van der Waals surface area contributed by atoms with Crippen LogP contribution in [0.5, 0.6) is 0 Å². The number of anilines is 1. The molecule has 2 N–H and O–H groups in total. The molecule has 0 bridgehead atoms. The number of aromatic nitrogens is 2. The van der Waals surface area contributed by atoms with Crippen LogP contribution in [-0.2, 0) is 9.59 Å². The van der Waals surface area contributed by atoms with Gasteiger partial charge in [-0.05, 0) is 12.8 Å². The van der Waals surface area contributed by atoms with Crippen molar-refractivity contribution < 1.29 is 9.59 Å². The maximum Gasteiger partial charge on any atom is 0.246 e. The molecule has 2 rings (SSSR count). The maximum absolute atomic E-state index is 11.7. The highest BCUT2D eigenvalue weighted by molar-refractivity contribution is 5.93. The Hall–Kier alpha value is -1.85. The summed E-state index contributed by atoms with van der Waals surface area (Å²) >= 11 is 0. The molecule has 0 unspecified atom stereocenters. The first-order valence-electron chi connectivity index (χ1n) is 5.83. The second-order valence-electron chi connectivity index (χ2n) is 4.11. The van der Waals surface area contributed by atoms with Crippen molar-refractivity contribution in [1.82, 2.24) is 14.9 Å². The van der Waals surface area contributed by atoms with Crippen LogP contribution < -0.4 is 5.32 Å². The van der Waals surface area contributed by atoms with Gasteiger partial charge in [0, 0.05) is 25.4 Å².